The van der Waals surface area contributed by atoms with Crippen LogP contribution < -0.4 is 5.32 Å². The maximum atomic E-state index is 3.51. The van der Waals surface area contributed by atoms with Gasteiger partial charge >= 0.3 is 0 Å². The maximum Gasteiger partial charge on any atom is 0.00533 e. The summed E-state index contributed by atoms with van der Waals surface area (Å²) in [6.07, 6.45) is 15.2. The van der Waals surface area contributed by atoms with E-state index in [9.17, 15) is 0 Å². The van der Waals surface area contributed by atoms with Crippen LogP contribution in [0.5, 0.6) is 0 Å². The van der Waals surface area contributed by atoms with Gasteiger partial charge in [0.05, 0.1) is 0 Å². The van der Waals surface area contributed by atoms with Gasteiger partial charge in [-0.15, -0.1) is 0 Å². The minimum Gasteiger partial charge on any atom is -0.319 e. The zero-order chi connectivity index (χ0) is 14.7. The third kappa shape index (κ3) is 4.19. The van der Waals surface area contributed by atoms with Crippen LogP contribution in [0.4, 0.5) is 0 Å². The second kappa shape index (κ2) is 7.73. The van der Waals surface area contributed by atoms with E-state index in [0.29, 0.717) is 0 Å². The molecule has 21 heavy (non-hydrogen) atoms. The molecule has 0 aromatic rings. The molecule has 2 saturated carbocycles. The van der Waals surface area contributed by atoms with Crippen molar-refractivity contribution in [2.75, 3.05) is 13.6 Å². The average molecular weight is 310 g/mol. The second-order valence-electron chi connectivity index (χ2n) is 8.08. The van der Waals surface area contributed by atoms with E-state index >= 15 is 0 Å². The summed E-state index contributed by atoms with van der Waals surface area (Å²) in [6.45, 7) is 3.68. The molecule has 1 saturated heterocycles. The van der Waals surface area contributed by atoms with Crippen molar-refractivity contribution in [2.45, 2.75) is 81.6 Å². The molecule has 1 N–H and O–H groups in total. The van der Waals surface area contributed by atoms with E-state index in [1.165, 1.54) is 45.1 Å². The average Bonchev–Trinajstić information content (AvgIpc) is 2.91. The highest BCUT2D eigenvalue weighted by atomic mass is 32.2. The van der Waals surface area contributed by atoms with Crippen molar-refractivity contribution in [2.24, 2.45) is 23.7 Å². The minimum absolute atomic E-state index is 0.916. The Morgan fingerprint density at radius 1 is 1.00 bits per heavy atom. The maximum absolute atomic E-state index is 3.51. The van der Waals surface area contributed by atoms with Crippen LogP contribution in [0, 0.1) is 23.7 Å². The molecule has 0 amide bonds. The van der Waals surface area contributed by atoms with E-state index in [1.54, 1.807) is 25.7 Å². The number of hydrogen-bond acceptors (Lipinski definition) is 2. The van der Waals surface area contributed by atoms with E-state index in [-0.39, 0.29) is 0 Å². The van der Waals surface area contributed by atoms with E-state index in [2.05, 4.69) is 31.1 Å². The largest absolute Gasteiger partial charge is 0.319 e. The molecule has 2 aliphatic carbocycles. The van der Waals surface area contributed by atoms with Gasteiger partial charge in [0.1, 0.15) is 0 Å². The molecule has 3 rings (SSSR count). The molecule has 2 heteroatoms. The monoisotopic (exact) mass is 309 g/mol. The Labute approximate surface area is 136 Å². The van der Waals surface area contributed by atoms with Crippen LogP contribution in [0.3, 0.4) is 0 Å². The van der Waals surface area contributed by atoms with Crippen LogP contribution in [0.25, 0.3) is 0 Å². The molecule has 1 nitrogen and oxygen atoms in total. The molecular formula is C19H35NS. The van der Waals surface area contributed by atoms with Crippen molar-refractivity contribution in [3.8, 4) is 0 Å². The molecule has 1 aliphatic heterocycles. The Kier molecular flexibility index (Phi) is 5.95. The summed E-state index contributed by atoms with van der Waals surface area (Å²) < 4.78 is 0. The predicted molar refractivity (Wildman–Crippen MR) is 94.9 cm³/mol. The van der Waals surface area contributed by atoms with Gasteiger partial charge in [-0.2, -0.15) is 11.8 Å². The van der Waals surface area contributed by atoms with Crippen LogP contribution in [-0.2, 0) is 0 Å². The van der Waals surface area contributed by atoms with Crippen LogP contribution in [-0.4, -0.2) is 24.1 Å². The van der Waals surface area contributed by atoms with Gasteiger partial charge in [-0.3, -0.25) is 0 Å². The smallest absolute Gasteiger partial charge is 0.00533 e. The van der Waals surface area contributed by atoms with Gasteiger partial charge in [-0.05, 0) is 75.8 Å². The van der Waals surface area contributed by atoms with E-state index in [4.69, 9.17) is 0 Å². The number of thioether (sulfide) groups is 1. The Morgan fingerprint density at radius 2 is 1.81 bits per heavy atom. The van der Waals surface area contributed by atoms with Gasteiger partial charge in [0, 0.05) is 10.5 Å². The Morgan fingerprint density at radius 3 is 2.52 bits per heavy atom. The van der Waals surface area contributed by atoms with Crippen molar-refractivity contribution in [3.63, 3.8) is 0 Å². The number of fused-ring (bicyclic) bond motifs is 1. The van der Waals surface area contributed by atoms with Crippen LogP contribution in [0.1, 0.15) is 71.1 Å². The van der Waals surface area contributed by atoms with E-state index in [1.807, 2.05) is 0 Å². The standard InChI is InChI=1S/C19H35NS/c1-14-7-10-19(21-14)12-18(13-20-2)17-9-8-15-5-3-4-6-16(15)11-17/h14-20H,3-13H2,1-2H3/t14?,15?,16?,17?,18-,19?/m1/s1. The highest BCUT2D eigenvalue weighted by molar-refractivity contribution is 8.00. The highest BCUT2D eigenvalue weighted by Crippen LogP contribution is 2.47. The molecule has 3 fully saturated rings. The van der Waals surface area contributed by atoms with Crippen LogP contribution in [0.15, 0.2) is 0 Å². The first kappa shape index (κ1) is 16.2. The van der Waals surface area contributed by atoms with Crippen molar-refractivity contribution in [3.05, 3.63) is 0 Å². The minimum atomic E-state index is 0.916. The second-order valence-corrected chi connectivity index (χ2v) is 9.82. The molecule has 3 aliphatic rings. The molecule has 122 valence electrons. The zero-order valence-corrected chi connectivity index (χ0v) is 15.0. The number of nitrogens with one attached hydrogen (secondary N) is 1. The lowest BCUT2D eigenvalue weighted by Crippen LogP contribution is -2.35. The third-order valence-corrected chi connectivity index (χ3v) is 8.11. The van der Waals surface area contributed by atoms with Gasteiger partial charge in [0.15, 0.2) is 0 Å². The fourth-order valence-corrected chi connectivity index (χ4v) is 7.00. The summed E-state index contributed by atoms with van der Waals surface area (Å²) in [5, 5.41) is 5.39. The molecule has 0 spiro atoms. The Hall–Kier alpha value is 0.310. The molecule has 0 aromatic heterocycles. The highest BCUT2D eigenvalue weighted by Gasteiger charge is 2.36. The first-order valence-corrected chi connectivity index (χ1v) is 10.5. The van der Waals surface area contributed by atoms with Gasteiger partial charge in [0.25, 0.3) is 0 Å². The fourth-order valence-electron chi connectivity index (χ4n) is 5.44. The molecule has 0 aromatic carbocycles. The molecule has 6 atom stereocenters. The first-order valence-electron chi connectivity index (χ1n) is 9.56. The van der Waals surface area contributed by atoms with Crippen molar-refractivity contribution >= 4 is 11.8 Å². The van der Waals surface area contributed by atoms with Crippen molar-refractivity contribution in [1.29, 1.82) is 0 Å². The number of hydrogen-bond donors (Lipinski definition) is 1. The van der Waals surface area contributed by atoms with E-state index < -0.39 is 0 Å². The van der Waals surface area contributed by atoms with Gasteiger partial charge < -0.3 is 5.32 Å². The normalized spacial score (nSPS) is 41.7. The lowest BCUT2D eigenvalue weighted by Gasteiger charge is -2.42. The summed E-state index contributed by atoms with van der Waals surface area (Å²) in [5.74, 6) is 4.16. The summed E-state index contributed by atoms with van der Waals surface area (Å²) in [6, 6.07) is 0. The Bertz CT molecular complexity index is 319. The van der Waals surface area contributed by atoms with Gasteiger partial charge in [-0.1, -0.05) is 32.6 Å². The Balaban J connectivity index is 1.55. The number of rotatable bonds is 5. The zero-order valence-electron chi connectivity index (χ0n) is 14.2. The SMILES string of the molecule is CNC[C@@H](CC1CCC(C)S1)C1CCC2CCCCC2C1. The van der Waals surface area contributed by atoms with Crippen LogP contribution in [0.2, 0.25) is 0 Å². The topological polar surface area (TPSA) is 12.0 Å². The molecule has 0 bridgehead atoms. The summed E-state index contributed by atoms with van der Waals surface area (Å²) >= 11 is 2.28. The lowest BCUT2D eigenvalue weighted by molar-refractivity contribution is 0.0960. The van der Waals surface area contributed by atoms with Gasteiger partial charge in [-0.25, -0.2) is 0 Å². The summed E-state index contributed by atoms with van der Waals surface area (Å²) in [4.78, 5) is 0. The summed E-state index contributed by atoms with van der Waals surface area (Å²) in [5.41, 5.74) is 0. The molecule has 5 unspecified atom stereocenters. The summed E-state index contributed by atoms with van der Waals surface area (Å²) in [7, 11) is 2.16. The fraction of sp³-hybridized carbons (Fsp3) is 1.00. The predicted octanol–water partition coefficient (Wildman–Crippen LogP) is 5.10. The third-order valence-electron chi connectivity index (χ3n) is 6.60. The van der Waals surface area contributed by atoms with Gasteiger partial charge in [0.2, 0.25) is 0 Å². The van der Waals surface area contributed by atoms with E-state index in [0.717, 1.165) is 34.2 Å². The molecule has 1 heterocycles. The van der Waals surface area contributed by atoms with Crippen LogP contribution >= 0.6 is 11.8 Å². The first-order chi connectivity index (χ1) is 10.3. The van der Waals surface area contributed by atoms with Crippen molar-refractivity contribution < 1.29 is 0 Å². The molecular weight excluding hydrogens is 274 g/mol. The molecule has 0 radical (unpaired) electrons. The van der Waals surface area contributed by atoms with Crippen molar-refractivity contribution in [1.82, 2.24) is 5.32 Å². The lowest BCUT2D eigenvalue weighted by atomic mass is 9.64. The quantitative estimate of drug-likeness (QED) is 0.758.